The lowest BCUT2D eigenvalue weighted by Gasteiger charge is -2.28. The first-order valence-corrected chi connectivity index (χ1v) is 9.16. The van der Waals surface area contributed by atoms with E-state index in [1.165, 1.54) is 0 Å². The van der Waals surface area contributed by atoms with Gasteiger partial charge in [0.05, 0.1) is 4.92 Å². The molecule has 0 N–H and O–H groups in total. The number of hydrogen-bond donors (Lipinski definition) is 0. The lowest BCUT2D eigenvalue weighted by atomic mass is 9.78. The first kappa shape index (κ1) is 20.7. The predicted octanol–water partition coefficient (Wildman–Crippen LogP) is 6.11. The molecule has 4 nitrogen and oxygen atoms in total. The van der Waals surface area contributed by atoms with E-state index in [0.29, 0.717) is 12.4 Å². The third kappa shape index (κ3) is 5.68. The molecule has 0 saturated carbocycles. The molecule has 0 fully saturated rings. The molecule has 0 aliphatic rings. The Bertz CT molecular complexity index is 825. The Labute approximate surface area is 162 Å². The van der Waals surface area contributed by atoms with Crippen molar-refractivity contribution in [3.8, 4) is 5.75 Å². The quantitative estimate of drug-likeness (QED) is 0.473. The molecule has 27 heavy (non-hydrogen) atoms. The zero-order valence-electron chi connectivity index (χ0n) is 17.1. The lowest BCUT2D eigenvalue weighted by molar-refractivity contribution is -0.400. The van der Waals surface area contributed by atoms with Crippen LogP contribution < -0.4 is 4.74 Å². The monoisotopic (exact) mass is 367 g/mol. The van der Waals surface area contributed by atoms with Gasteiger partial charge in [-0.2, -0.15) is 0 Å². The molecular formula is C23H29NO3. The lowest BCUT2D eigenvalue weighted by Crippen LogP contribution is -2.18. The molecule has 144 valence electrons. The van der Waals surface area contributed by atoms with Gasteiger partial charge >= 0.3 is 0 Å². The highest BCUT2D eigenvalue weighted by Gasteiger charge is 2.25. The van der Waals surface area contributed by atoms with Gasteiger partial charge < -0.3 is 4.74 Å². The van der Waals surface area contributed by atoms with Crippen molar-refractivity contribution in [2.75, 3.05) is 0 Å². The van der Waals surface area contributed by atoms with Crippen LogP contribution >= 0.6 is 0 Å². The van der Waals surface area contributed by atoms with Gasteiger partial charge in [0.25, 0.3) is 0 Å². The van der Waals surface area contributed by atoms with E-state index in [2.05, 4.69) is 47.6 Å². The Hall–Kier alpha value is -2.62. The van der Waals surface area contributed by atoms with Crippen molar-refractivity contribution in [3.05, 3.63) is 81.0 Å². The molecule has 0 radical (unpaired) electrons. The normalized spacial score (nSPS) is 12.4. The van der Waals surface area contributed by atoms with Crippen molar-refractivity contribution < 1.29 is 9.66 Å². The minimum atomic E-state index is -0.439. The third-order valence-corrected chi connectivity index (χ3v) is 4.42. The van der Waals surface area contributed by atoms with Gasteiger partial charge in [0.2, 0.25) is 6.20 Å². The Morgan fingerprint density at radius 1 is 1.00 bits per heavy atom. The molecule has 0 bridgehead atoms. The van der Waals surface area contributed by atoms with E-state index in [0.717, 1.165) is 28.5 Å². The third-order valence-electron chi connectivity index (χ3n) is 4.42. The second-order valence-corrected chi connectivity index (χ2v) is 8.81. The molecule has 0 spiro atoms. The zero-order chi connectivity index (χ0) is 20.2. The van der Waals surface area contributed by atoms with E-state index in [4.69, 9.17) is 4.74 Å². The van der Waals surface area contributed by atoms with Gasteiger partial charge in [-0.25, -0.2) is 0 Å². The summed E-state index contributed by atoms with van der Waals surface area (Å²) < 4.78 is 6.15. The maximum atomic E-state index is 10.9. The standard InChI is InChI=1S/C23H29NO3/c1-22(2,3)18-14-20(23(4,5)6)19(12-13-24(25)26)21(15-18)27-16-17-10-8-7-9-11-17/h7-15H,16H2,1-6H3/b13-12+. The Balaban J connectivity index is 2.59. The highest BCUT2D eigenvalue weighted by Crippen LogP contribution is 2.38. The Morgan fingerprint density at radius 2 is 1.63 bits per heavy atom. The molecule has 0 amide bonds. The fourth-order valence-corrected chi connectivity index (χ4v) is 2.84. The van der Waals surface area contributed by atoms with Gasteiger partial charge in [-0.15, -0.1) is 0 Å². The highest BCUT2D eigenvalue weighted by atomic mass is 16.6. The molecule has 2 rings (SSSR count). The molecule has 0 unspecified atom stereocenters. The molecule has 0 atom stereocenters. The number of ether oxygens (including phenoxy) is 1. The van der Waals surface area contributed by atoms with E-state index in [-0.39, 0.29) is 10.8 Å². The van der Waals surface area contributed by atoms with Gasteiger partial charge in [-0.1, -0.05) is 77.9 Å². The van der Waals surface area contributed by atoms with E-state index >= 15 is 0 Å². The van der Waals surface area contributed by atoms with E-state index in [9.17, 15) is 10.1 Å². The number of nitrogens with zero attached hydrogens (tertiary/aromatic N) is 1. The molecule has 2 aromatic rings. The molecule has 0 saturated heterocycles. The molecule has 2 aromatic carbocycles. The summed E-state index contributed by atoms with van der Waals surface area (Å²) >= 11 is 0. The molecule has 0 aliphatic heterocycles. The average molecular weight is 367 g/mol. The van der Waals surface area contributed by atoms with E-state index in [1.807, 2.05) is 36.4 Å². The van der Waals surface area contributed by atoms with Crippen molar-refractivity contribution in [3.63, 3.8) is 0 Å². The van der Waals surface area contributed by atoms with Crippen molar-refractivity contribution in [1.29, 1.82) is 0 Å². The van der Waals surface area contributed by atoms with Crippen LogP contribution in [0.25, 0.3) is 6.08 Å². The molecule has 0 aromatic heterocycles. The first-order valence-electron chi connectivity index (χ1n) is 9.16. The van der Waals surface area contributed by atoms with Crippen molar-refractivity contribution in [1.82, 2.24) is 0 Å². The topological polar surface area (TPSA) is 52.4 Å². The van der Waals surface area contributed by atoms with Gasteiger partial charge in [0.15, 0.2) is 0 Å². The van der Waals surface area contributed by atoms with Gasteiger partial charge in [0, 0.05) is 11.6 Å². The summed E-state index contributed by atoms with van der Waals surface area (Å²) in [5.74, 6) is 0.675. The smallest absolute Gasteiger partial charge is 0.235 e. The van der Waals surface area contributed by atoms with Crippen LogP contribution in [0.2, 0.25) is 0 Å². The van der Waals surface area contributed by atoms with E-state index < -0.39 is 4.92 Å². The van der Waals surface area contributed by atoms with Crippen LogP contribution in [-0.4, -0.2) is 4.92 Å². The fourth-order valence-electron chi connectivity index (χ4n) is 2.84. The van der Waals surface area contributed by atoms with Crippen LogP contribution in [0.5, 0.6) is 5.75 Å². The van der Waals surface area contributed by atoms with Crippen LogP contribution in [0.3, 0.4) is 0 Å². The van der Waals surface area contributed by atoms with Crippen molar-refractivity contribution in [2.24, 2.45) is 0 Å². The number of rotatable bonds is 5. The van der Waals surface area contributed by atoms with Crippen LogP contribution in [0.4, 0.5) is 0 Å². The largest absolute Gasteiger partial charge is 0.488 e. The summed E-state index contributed by atoms with van der Waals surface area (Å²) in [5.41, 5.74) is 3.77. The molecule has 0 aliphatic carbocycles. The van der Waals surface area contributed by atoms with Gasteiger partial charge in [-0.3, -0.25) is 10.1 Å². The molecular weight excluding hydrogens is 338 g/mol. The number of nitro groups is 1. The summed E-state index contributed by atoms with van der Waals surface area (Å²) in [6, 6.07) is 14.1. The summed E-state index contributed by atoms with van der Waals surface area (Å²) in [6.07, 6.45) is 2.53. The number of hydrogen-bond acceptors (Lipinski definition) is 3. The highest BCUT2D eigenvalue weighted by molar-refractivity contribution is 5.64. The van der Waals surface area contributed by atoms with Crippen LogP contribution in [0, 0.1) is 10.1 Å². The Morgan fingerprint density at radius 3 is 2.15 bits per heavy atom. The Kier molecular flexibility index (Phi) is 6.09. The maximum absolute atomic E-state index is 10.9. The zero-order valence-corrected chi connectivity index (χ0v) is 17.1. The van der Waals surface area contributed by atoms with Crippen LogP contribution in [-0.2, 0) is 17.4 Å². The molecule has 0 heterocycles. The second kappa shape index (κ2) is 7.95. The minimum Gasteiger partial charge on any atom is -0.488 e. The summed E-state index contributed by atoms with van der Waals surface area (Å²) in [7, 11) is 0. The van der Waals surface area contributed by atoms with Gasteiger partial charge in [0.1, 0.15) is 12.4 Å². The maximum Gasteiger partial charge on any atom is 0.235 e. The number of benzene rings is 2. The van der Waals surface area contributed by atoms with Crippen molar-refractivity contribution >= 4 is 6.08 Å². The van der Waals surface area contributed by atoms with Crippen molar-refractivity contribution in [2.45, 2.75) is 59.0 Å². The van der Waals surface area contributed by atoms with E-state index in [1.54, 1.807) is 6.08 Å². The summed E-state index contributed by atoms with van der Waals surface area (Å²) in [5, 5.41) is 10.9. The predicted molar refractivity (Wildman–Crippen MR) is 111 cm³/mol. The summed E-state index contributed by atoms with van der Waals surface area (Å²) in [4.78, 5) is 10.5. The van der Waals surface area contributed by atoms with Crippen LogP contribution in [0.15, 0.2) is 48.7 Å². The van der Waals surface area contributed by atoms with Crippen LogP contribution in [0.1, 0.15) is 63.8 Å². The SMILES string of the molecule is CC(C)(C)c1cc(OCc2ccccc2)c(/C=C/[N+](=O)[O-])c(C(C)(C)C)c1. The average Bonchev–Trinajstić information content (AvgIpc) is 2.57. The fraction of sp³-hybridized carbons (Fsp3) is 0.391. The first-order chi connectivity index (χ1) is 12.5. The second-order valence-electron chi connectivity index (χ2n) is 8.81. The summed E-state index contributed by atoms with van der Waals surface area (Å²) in [6.45, 7) is 13.2. The molecule has 4 heteroatoms. The van der Waals surface area contributed by atoms with Gasteiger partial charge in [-0.05, 0) is 33.6 Å². The minimum absolute atomic E-state index is 0.0593.